The molecule has 1 spiro atoms. The summed E-state index contributed by atoms with van der Waals surface area (Å²) in [5.74, 6) is 1.03. The number of piperidine rings is 1. The largest absolute Gasteiger partial charge is 0.370 e. The molecule has 1 N–H and O–H groups in total. The second-order valence-corrected chi connectivity index (χ2v) is 6.92. The van der Waals surface area contributed by atoms with Gasteiger partial charge in [-0.25, -0.2) is 4.98 Å². The molecular weight excluding hydrogens is 258 g/mol. The summed E-state index contributed by atoms with van der Waals surface area (Å²) in [5, 5.41) is 3.38. The molecule has 1 aromatic rings. The molecule has 0 aromatic carbocycles. The Morgan fingerprint density at radius 3 is 2.62 bits per heavy atom. The molecule has 1 aliphatic heterocycles. The topological polar surface area (TPSA) is 28.2 Å². The number of rotatable bonds is 5. The Morgan fingerprint density at radius 1 is 1.14 bits per heavy atom. The van der Waals surface area contributed by atoms with Crippen LogP contribution in [0.2, 0.25) is 0 Å². The van der Waals surface area contributed by atoms with Crippen LogP contribution in [0.15, 0.2) is 18.2 Å². The minimum absolute atomic E-state index is 0.717. The van der Waals surface area contributed by atoms with Crippen molar-refractivity contribution in [3.63, 3.8) is 0 Å². The van der Waals surface area contributed by atoms with Crippen LogP contribution in [0.4, 0.5) is 5.82 Å². The number of nitrogens with zero attached hydrogens (tertiary/aromatic N) is 2. The lowest BCUT2D eigenvalue weighted by Crippen LogP contribution is -2.38. The third-order valence-corrected chi connectivity index (χ3v) is 5.33. The van der Waals surface area contributed by atoms with Crippen molar-refractivity contribution in [1.82, 2.24) is 9.88 Å². The van der Waals surface area contributed by atoms with E-state index in [-0.39, 0.29) is 0 Å². The summed E-state index contributed by atoms with van der Waals surface area (Å²) < 4.78 is 0. The molecule has 3 rings (SSSR count). The zero-order chi connectivity index (χ0) is 14.5. The number of hydrogen-bond donors (Lipinski definition) is 1. The minimum atomic E-state index is 0.717. The average molecular weight is 287 g/mol. The molecule has 2 fully saturated rings. The van der Waals surface area contributed by atoms with Crippen LogP contribution in [-0.4, -0.2) is 29.5 Å². The van der Waals surface area contributed by atoms with E-state index in [0.717, 1.165) is 25.3 Å². The van der Waals surface area contributed by atoms with Gasteiger partial charge < -0.3 is 5.32 Å². The molecule has 0 unspecified atom stereocenters. The van der Waals surface area contributed by atoms with Gasteiger partial charge in [-0.15, -0.1) is 0 Å². The molecule has 0 atom stereocenters. The van der Waals surface area contributed by atoms with E-state index in [0.29, 0.717) is 5.41 Å². The van der Waals surface area contributed by atoms with Crippen molar-refractivity contribution < 1.29 is 0 Å². The van der Waals surface area contributed by atoms with Crippen LogP contribution in [0.5, 0.6) is 0 Å². The van der Waals surface area contributed by atoms with Crippen LogP contribution < -0.4 is 5.32 Å². The highest BCUT2D eigenvalue weighted by molar-refractivity contribution is 5.35. The Labute approximate surface area is 129 Å². The van der Waals surface area contributed by atoms with Crippen molar-refractivity contribution >= 4 is 5.82 Å². The molecule has 0 bridgehead atoms. The standard InChI is InChI=1S/C18H29N3/c1-2-12-19-17-7-5-6-16(20-17)15-21-13-10-18(11-14-21)8-3-4-9-18/h5-7H,2-4,8-15H2,1H3,(H,19,20). The van der Waals surface area contributed by atoms with Gasteiger partial charge in [-0.2, -0.15) is 0 Å². The third kappa shape index (κ3) is 3.76. The van der Waals surface area contributed by atoms with Gasteiger partial charge in [0.1, 0.15) is 5.82 Å². The molecule has 1 aromatic heterocycles. The second-order valence-electron chi connectivity index (χ2n) is 6.92. The molecular formula is C18H29N3. The number of aromatic nitrogens is 1. The summed E-state index contributed by atoms with van der Waals surface area (Å²) in [6.07, 6.45) is 9.84. The monoisotopic (exact) mass is 287 g/mol. The Bertz CT molecular complexity index is 442. The summed E-state index contributed by atoms with van der Waals surface area (Å²) >= 11 is 0. The minimum Gasteiger partial charge on any atom is -0.370 e. The molecule has 2 aliphatic rings. The van der Waals surface area contributed by atoms with Crippen molar-refractivity contribution in [2.45, 2.75) is 58.4 Å². The zero-order valence-corrected chi connectivity index (χ0v) is 13.4. The Hall–Kier alpha value is -1.09. The predicted octanol–water partition coefficient (Wildman–Crippen LogP) is 4.06. The first-order valence-electron chi connectivity index (χ1n) is 8.72. The molecule has 1 aliphatic carbocycles. The van der Waals surface area contributed by atoms with Crippen LogP contribution in [-0.2, 0) is 6.54 Å². The molecule has 0 radical (unpaired) electrons. The lowest BCUT2D eigenvalue weighted by molar-refractivity contribution is 0.103. The lowest BCUT2D eigenvalue weighted by atomic mass is 9.77. The van der Waals surface area contributed by atoms with E-state index in [1.165, 1.54) is 57.3 Å². The molecule has 116 valence electrons. The van der Waals surface area contributed by atoms with Crippen LogP contribution in [0.25, 0.3) is 0 Å². The van der Waals surface area contributed by atoms with Gasteiger partial charge in [0.25, 0.3) is 0 Å². The van der Waals surface area contributed by atoms with Gasteiger partial charge >= 0.3 is 0 Å². The summed E-state index contributed by atoms with van der Waals surface area (Å²) in [6, 6.07) is 6.36. The molecule has 3 nitrogen and oxygen atoms in total. The first-order valence-corrected chi connectivity index (χ1v) is 8.72. The average Bonchev–Trinajstić information content (AvgIpc) is 2.97. The Kier molecular flexibility index (Phi) is 4.79. The molecule has 21 heavy (non-hydrogen) atoms. The maximum atomic E-state index is 4.74. The maximum absolute atomic E-state index is 4.74. The fourth-order valence-electron chi connectivity index (χ4n) is 3.96. The van der Waals surface area contributed by atoms with Gasteiger partial charge in [-0.3, -0.25) is 4.90 Å². The number of likely N-dealkylation sites (tertiary alicyclic amines) is 1. The summed E-state index contributed by atoms with van der Waals surface area (Å²) in [5.41, 5.74) is 1.92. The molecule has 1 saturated carbocycles. The highest BCUT2D eigenvalue weighted by Gasteiger charge is 2.36. The SMILES string of the molecule is CCCNc1cccc(CN2CCC3(CCCC3)CC2)n1. The summed E-state index contributed by atoms with van der Waals surface area (Å²) in [7, 11) is 0. The first-order chi connectivity index (χ1) is 10.3. The normalized spacial score (nSPS) is 21.8. The maximum Gasteiger partial charge on any atom is 0.126 e. The second kappa shape index (κ2) is 6.78. The number of nitrogens with one attached hydrogen (secondary N) is 1. The third-order valence-electron chi connectivity index (χ3n) is 5.33. The van der Waals surface area contributed by atoms with Crippen molar-refractivity contribution in [3.05, 3.63) is 23.9 Å². The van der Waals surface area contributed by atoms with E-state index >= 15 is 0 Å². The van der Waals surface area contributed by atoms with Gasteiger partial charge in [0.05, 0.1) is 5.69 Å². The van der Waals surface area contributed by atoms with Crippen LogP contribution in [0.1, 0.15) is 57.6 Å². The number of anilines is 1. The van der Waals surface area contributed by atoms with Gasteiger partial charge in [-0.1, -0.05) is 25.8 Å². The van der Waals surface area contributed by atoms with Gasteiger partial charge in [-0.05, 0) is 62.7 Å². The smallest absolute Gasteiger partial charge is 0.126 e. The highest BCUT2D eigenvalue weighted by atomic mass is 15.1. The van der Waals surface area contributed by atoms with Crippen LogP contribution in [0.3, 0.4) is 0 Å². The van der Waals surface area contributed by atoms with Gasteiger partial charge in [0, 0.05) is 13.1 Å². The van der Waals surface area contributed by atoms with Crippen LogP contribution >= 0.6 is 0 Å². The van der Waals surface area contributed by atoms with Crippen LogP contribution in [0, 0.1) is 5.41 Å². The van der Waals surface area contributed by atoms with E-state index in [1.807, 2.05) is 0 Å². The molecule has 3 heteroatoms. The summed E-state index contributed by atoms with van der Waals surface area (Å²) in [4.78, 5) is 7.33. The highest BCUT2D eigenvalue weighted by Crippen LogP contribution is 2.46. The van der Waals surface area contributed by atoms with Gasteiger partial charge in [0.2, 0.25) is 0 Å². The zero-order valence-electron chi connectivity index (χ0n) is 13.4. The van der Waals surface area contributed by atoms with Crippen molar-refractivity contribution in [1.29, 1.82) is 0 Å². The number of pyridine rings is 1. The van der Waals surface area contributed by atoms with Crippen molar-refractivity contribution in [2.75, 3.05) is 25.0 Å². The molecule has 2 heterocycles. The van der Waals surface area contributed by atoms with E-state index in [2.05, 4.69) is 35.3 Å². The van der Waals surface area contributed by atoms with E-state index in [9.17, 15) is 0 Å². The fraction of sp³-hybridized carbons (Fsp3) is 0.722. The van der Waals surface area contributed by atoms with E-state index in [4.69, 9.17) is 4.98 Å². The Morgan fingerprint density at radius 2 is 1.90 bits per heavy atom. The summed E-state index contributed by atoms with van der Waals surface area (Å²) in [6.45, 7) is 6.71. The predicted molar refractivity (Wildman–Crippen MR) is 88.4 cm³/mol. The van der Waals surface area contributed by atoms with Gasteiger partial charge in [0.15, 0.2) is 0 Å². The van der Waals surface area contributed by atoms with E-state index in [1.54, 1.807) is 0 Å². The Balaban J connectivity index is 1.53. The van der Waals surface area contributed by atoms with E-state index < -0.39 is 0 Å². The first kappa shape index (κ1) is 14.8. The molecule has 1 saturated heterocycles. The molecule has 0 amide bonds. The number of hydrogen-bond acceptors (Lipinski definition) is 3. The quantitative estimate of drug-likeness (QED) is 0.885. The lowest BCUT2D eigenvalue weighted by Gasteiger charge is -2.39. The van der Waals surface area contributed by atoms with Crippen molar-refractivity contribution in [2.24, 2.45) is 5.41 Å². The fourth-order valence-corrected chi connectivity index (χ4v) is 3.96. The van der Waals surface area contributed by atoms with Crippen molar-refractivity contribution in [3.8, 4) is 0 Å².